The molecule has 0 radical (unpaired) electrons. The Morgan fingerprint density at radius 3 is 2.41 bits per heavy atom. The topological polar surface area (TPSA) is 58.6 Å². The summed E-state index contributed by atoms with van der Waals surface area (Å²) < 4.78 is 4.55. The quantitative estimate of drug-likeness (QED) is 0.545. The summed E-state index contributed by atoms with van der Waals surface area (Å²) in [5.41, 5.74) is 0. The largest absolute Gasteiger partial charge is 0.469 e. The molecule has 0 atom stereocenters. The minimum atomic E-state index is -0.168. The van der Waals surface area contributed by atoms with Gasteiger partial charge in [-0.05, 0) is 12.8 Å². The van der Waals surface area contributed by atoms with Gasteiger partial charge in [-0.25, -0.2) is 0 Å². The second kappa shape index (κ2) is 8.06. The first-order chi connectivity index (χ1) is 8.24. The van der Waals surface area contributed by atoms with Crippen molar-refractivity contribution < 1.29 is 14.3 Å². The van der Waals surface area contributed by atoms with Crippen LogP contribution in [0.3, 0.4) is 0 Å². The Bertz CT molecular complexity index is 250. The highest BCUT2D eigenvalue weighted by Gasteiger charge is 2.15. The van der Waals surface area contributed by atoms with Crippen molar-refractivity contribution in [2.24, 2.45) is 0 Å². The fourth-order valence-corrected chi connectivity index (χ4v) is 1.90. The third-order valence-corrected chi connectivity index (χ3v) is 2.97. The van der Waals surface area contributed by atoms with Gasteiger partial charge in [-0.3, -0.25) is 9.59 Å². The molecule has 5 nitrogen and oxygen atoms in total. The standard InChI is InChI=1S/C12H22N2O3/c1-17-12(16)6-4-2-3-5-11(15)14-9-7-13-8-10-14/h13H,2-10H2,1H3. The molecule has 0 aromatic rings. The molecule has 1 aliphatic heterocycles. The third kappa shape index (κ3) is 5.68. The van der Waals surface area contributed by atoms with Gasteiger partial charge in [-0.1, -0.05) is 6.42 Å². The molecule has 98 valence electrons. The summed E-state index contributed by atoms with van der Waals surface area (Å²) in [7, 11) is 1.40. The Kier molecular flexibility index (Phi) is 6.62. The Balaban J connectivity index is 2.01. The summed E-state index contributed by atoms with van der Waals surface area (Å²) in [6.07, 6.45) is 3.63. The fraction of sp³-hybridized carbons (Fsp3) is 0.833. The maximum atomic E-state index is 11.8. The highest BCUT2D eigenvalue weighted by atomic mass is 16.5. The van der Waals surface area contributed by atoms with Gasteiger partial charge in [0, 0.05) is 39.0 Å². The molecular weight excluding hydrogens is 220 g/mol. The van der Waals surface area contributed by atoms with E-state index in [4.69, 9.17) is 0 Å². The number of amides is 1. The summed E-state index contributed by atoms with van der Waals surface area (Å²) in [4.78, 5) is 24.5. The van der Waals surface area contributed by atoms with Crippen LogP contribution in [0.5, 0.6) is 0 Å². The normalized spacial score (nSPS) is 15.7. The van der Waals surface area contributed by atoms with E-state index in [0.717, 1.165) is 45.4 Å². The molecule has 1 N–H and O–H groups in total. The van der Waals surface area contributed by atoms with Crippen molar-refractivity contribution in [3.63, 3.8) is 0 Å². The zero-order chi connectivity index (χ0) is 12.5. The third-order valence-electron chi connectivity index (χ3n) is 2.97. The van der Waals surface area contributed by atoms with Crippen LogP contribution < -0.4 is 5.32 Å². The van der Waals surface area contributed by atoms with Gasteiger partial charge < -0.3 is 15.0 Å². The lowest BCUT2D eigenvalue weighted by molar-refractivity contribution is -0.140. The first-order valence-electron chi connectivity index (χ1n) is 6.29. The molecule has 0 saturated carbocycles. The Morgan fingerprint density at radius 2 is 1.76 bits per heavy atom. The molecule has 0 bridgehead atoms. The number of methoxy groups -OCH3 is 1. The van der Waals surface area contributed by atoms with Crippen LogP contribution in [0.15, 0.2) is 0 Å². The molecular formula is C12H22N2O3. The van der Waals surface area contributed by atoms with Crippen LogP contribution in [0.1, 0.15) is 32.1 Å². The number of piperazine rings is 1. The molecule has 0 aliphatic carbocycles. The first kappa shape index (κ1) is 14.0. The highest BCUT2D eigenvalue weighted by Crippen LogP contribution is 2.06. The Morgan fingerprint density at radius 1 is 1.12 bits per heavy atom. The Hall–Kier alpha value is -1.10. The Labute approximate surface area is 102 Å². The number of rotatable bonds is 6. The van der Waals surface area contributed by atoms with E-state index in [1.54, 1.807) is 0 Å². The predicted molar refractivity (Wildman–Crippen MR) is 64.6 cm³/mol. The SMILES string of the molecule is COC(=O)CCCCCC(=O)N1CCNCC1. The average Bonchev–Trinajstić information content (AvgIpc) is 2.38. The van der Waals surface area contributed by atoms with E-state index in [-0.39, 0.29) is 11.9 Å². The minimum Gasteiger partial charge on any atom is -0.469 e. The number of carbonyl (C=O) groups is 2. The zero-order valence-electron chi connectivity index (χ0n) is 10.5. The average molecular weight is 242 g/mol. The summed E-state index contributed by atoms with van der Waals surface area (Å²) in [5, 5.41) is 3.22. The van der Waals surface area contributed by atoms with Crippen LogP contribution in [-0.2, 0) is 14.3 Å². The molecule has 1 heterocycles. The van der Waals surface area contributed by atoms with E-state index < -0.39 is 0 Å². The smallest absolute Gasteiger partial charge is 0.305 e. The van der Waals surface area contributed by atoms with E-state index in [2.05, 4.69) is 10.1 Å². The van der Waals surface area contributed by atoms with Gasteiger partial charge in [0.1, 0.15) is 0 Å². The van der Waals surface area contributed by atoms with E-state index in [1.165, 1.54) is 7.11 Å². The van der Waals surface area contributed by atoms with Gasteiger partial charge in [0.05, 0.1) is 7.11 Å². The molecule has 1 rings (SSSR count). The van der Waals surface area contributed by atoms with Crippen molar-refractivity contribution in [2.45, 2.75) is 32.1 Å². The van der Waals surface area contributed by atoms with Crippen LogP contribution in [0, 0.1) is 0 Å². The predicted octanol–water partition coefficient (Wildman–Crippen LogP) is 0.542. The van der Waals surface area contributed by atoms with Gasteiger partial charge >= 0.3 is 5.97 Å². The van der Waals surface area contributed by atoms with Gasteiger partial charge in [0.2, 0.25) is 5.91 Å². The maximum absolute atomic E-state index is 11.8. The van der Waals surface area contributed by atoms with Crippen molar-refractivity contribution in [1.82, 2.24) is 10.2 Å². The van der Waals surface area contributed by atoms with Crippen LogP contribution >= 0.6 is 0 Å². The lowest BCUT2D eigenvalue weighted by Gasteiger charge is -2.27. The highest BCUT2D eigenvalue weighted by molar-refractivity contribution is 5.76. The molecule has 1 amide bonds. The number of nitrogens with one attached hydrogen (secondary N) is 1. The molecule has 0 aromatic heterocycles. The first-order valence-corrected chi connectivity index (χ1v) is 6.29. The molecule has 0 unspecified atom stereocenters. The number of ether oxygens (including phenoxy) is 1. The summed E-state index contributed by atoms with van der Waals surface area (Å²) in [6, 6.07) is 0. The second-order valence-corrected chi connectivity index (χ2v) is 4.27. The molecule has 1 saturated heterocycles. The van der Waals surface area contributed by atoms with Crippen molar-refractivity contribution in [1.29, 1.82) is 0 Å². The van der Waals surface area contributed by atoms with E-state index in [1.807, 2.05) is 4.90 Å². The van der Waals surface area contributed by atoms with Gasteiger partial charge in [0.15, 0.2) is 0 Å². The fourth-order valence-electron chi connectivity index (χ4n) is 1.90. The number of nitrogens with zero attached hydrogens (tertiary/aromatic N) is 1. The number of esters is 1. The zero-order valence-corrected chi connectivity index (χ0v) is 10.5. The van der Waals surface area contributed by atoms with Crippen LogP contribution in [0.4, 0.5) is 0 Å². The van der Waals surface area contributed by atoms with Crippen LogP contribution in [0.25, 0.3) is 0 Å². The molecule has 1 fully saturated rings. The molecule has 0 aromatic carbocycles. The van der Waals surface area contributed by atoms with Gasteiger partial charge in [-0.2, -0.15) is 0 Å². The van der Waals surface area contributed by atoms with Crippen molar-refractivity contribution >= 4 is 11.9 Å². The van der Waals surface area contributed by atoms with E-state index in [9.17, 15) is 9.59 Å². The number of carbonyl (C=O) groups excluding carboxylic acids is 2. The number of hydrogen-bond donors (Lipinski definition) is 1. The number of hydrogen-bond acceptors (Lipinski definition) is 4. The van der Waals surface area contributed by atoms with Crippen molar-refractivity contribution in [3.8, 4) is 0 Å². The van der Waals surface area contributed by atoms with E-state index >= 15 is 0 Å². The van der Waals surface area contributed by atoms with Crippen molar-refractivity contribution in [3.05, 3.63) is 0 Å². The molecule has 0 spiro atoms. The molecule has 1 aliphatic rings. The summed E-state index contributed by atoms with van der Waals surface area (Å²) in [5.74, 6) is 0.0722. The lowest BCUT2D eigenvalue weighted by Crippen LogP contribution is -2.46. The van der Waals surface area contributed by atoms with Crippen LogP contribution in [0.2, 0.25) is 0 Å². The van der Waals surface area contributed by atoms with Crippen LogP contribution in [-0.4, -0.2) is 50.1 Å². The minimum absolute atomic E-state index is 0.168. The van der Waals surface area contributed by atoms with Gasteiger partial charge in [0.25, 0.3) is 0 Å². The monoisotopic (exact) mass is 242 g/mol. The summed E-state index contributed by atoms with van der Waals surface area (Å²) >= 11 is 0. The van der Waals surface area contributed by atoms with Crippen molar-refractivity contribution in [2.75, 3.05) is 33.3 Å². The summed E-state index contributed by atoms with van der Waals surface area (Å²) in [6.45, 7) is 3.43. The van der Waals surface area contributed by atoms with Gasteiger partial charge in [-0.15, -0.1) is 0 Å². The lowest BCUT2D eigenvalue weighted by atomic mass is 10.1. The second-order valence-electron chi connectivity index (χ2n) is 4.27. The van der Waals surface area contributed by atoms with E-state index in [0.29, 0.717) is 12.8 Å². The molecule has 17 heavy (non-hydrogen) atoms. The number of unbranched alkanes of at least 4 members (excludes halogenated alkanes) is 2. The molecule has 5 heteroatoms. The maximum Gasteiger partial charge on any atom is 0.305 e.